The molecule has 1 aliphatic heterocycles. The zero-order chi connectivity index (χ0) is 24.5. The highest BCUT2D eigenvalue weighted by Crippen LogP contribution is 2.33. The lowest BCUT2D eigenvalue weighted by atomic mass is 10.0. The van der Waals surface area contributed by atoms with E-state index in [0.717, 1.165) is 50.6 Å². The number of aromatic amines is 1. The van der Waals surface area contributed by atoms with E-state index in [4.69, 9.17) is 9.84 Å². The van der Waals surface area contributed by atoms with Gasteiger partial charge in [-0.15, -0.1) is 0 Å². The van der Waals surface area contributed by atoms with Crippen molar-refractivity contribution in [1.82, 2.24) is 40.0 Å². The molecule has 1 aliphatic rings. The van der Waals surface area contributed by atoms with Crippen molar-refractivity contribution in [2.45, 2.75) is 32.7 Å². The number of H-pyrrole nitrogens is 1. The number of nitrogens with zero attached hydrogens (tertiary/aromatic N) is 6. The number of likely N-dealkylation sites (N-methyl/N-ethyl adjacent to an activating group) is 1. The van der Waals surface area contributed by atoms with Gasteiger partial charge in [0.15, 0.2) is 0 Å². The number of ether oxygens (including phenoxy) is 1. The van der Waals surface area contributed by atoms with E-state index in [1.807, 2.05) is 31.0 Å². The van der Waals surface area contributed by atoms with Gasteiger partial charge < -0.3 is 15.2 Å². The van der Waals surface area contributed by atoms with Crippen LogP contribution in [-0.2, 0) is 26.7 Å². The Morgan fingerprint density at radius 2 is 2.11 bits per heavy atom. The standard InChI is InChI=1S/C25H32N8O2/c1-16-14-31(3)15-24-18(23(13-26-2)30-33(24)9-10-34)6-8-22-19-11-17(5-7-21(19)28-29-22)20-12-27-32(4)25(20)35-16/h5-8,11-12,16,26,34H,9-10,13-15H2,1-4H3,(H,28,29)/b8-6+/t16-/m0/s1. The average molecular weight is 477 g/mol. The van der Waals surface area contributed by atoms with Crippen LogP contribution in [0.3, 0.4) is 0 Å². The van der Waals surface area contributed by atoms with E-state index in [1.54, 1.807) is 4.68 Å². The number of aliphatic hydroxyl groups is 1. The minimum absolute atomic E-state index is 0.0251. The highest BCUT2D eigenvalue weighted by molar-refractivity contribution is 5.93. The summed E-state index contributed by atoms with van der Waals surface area (Å²) in [6.45, 7) is 4.53. The molecule has 1 aromatic carbocycles. The average Bonchev–Trinajstić information content (AvgIpc) is 3.49. The summed E-state index contributed by atoms with van der Waals surface area (Å²) in [6.07, 6.45) is 5.94. The number of hydrogen-bond donors (Lipinski definition) is 3. The summed E-state index contributed by atoms with van der Waals surface area (Å²) in [7, 11) is 5.89. The molecule has 5 rings (SSSR count). The molecule has 0 amide bonds. The number of fused-ring (bicyclic) bond motifs is 4. The highest BCUT2D eigenvalue weighted by atomic mass is 16.5. The van der Waals surface area contributed by atoms with Crippen LogP contribution in [-0.4, -0.2) is 73.1 Å². The normalized spacial score (nSPS) is 17.6. The first kappa shape index (κ1) is 23.3. The molecular formula is C25H32N8O2. The third-order valence-electron chi connectivity index (χ3n) is 6.33. The maximum Gasteiger partial charge on any atom is 0.219 e. The number of hydrogen-bond acceptors (Lipinski definition) is 7. The van der Waals surface area contributed by atoms with Crippen LogP contribution in [0.25, 0.3) is 34.2 Å². The van der Waals surface area contributed by atoms with Gasteiger partial charge in [0, 0.05) is 37.6 Å². The van der Waals surface area contributed by atoms with Gasteiger partial charge in [0.2, 0.25) is 5.88 Å². The topological polar surface area (TPSA) is 109 Å². The lowest BCUT2D eigenvalue weighted by Gasteiger charge is -2.23. The number of aromatic nitrogens is 6. The van der Waals surface area contributed by atoms with Gasteiger partial charge in [0.05, 0.1) is 47.5 Å². The molecule has 10 nitrogen and oxygen atoms in total. The van der Waals surface area contributed by atoms with E-state index in [9.17, 15) is 5.11 Å². The van der Waals surface area contributed by atoms with E-state index < -0.39 is 0 Å². The summed E-state index contributed by atoms with van der Waals surface area (Å²) < 4.78 is 10.1. The first-order chi connectivity index (χ1) is 17.0. The Morgan fingerprint density at radius 1 is 1.26 bits per heavy atom. The van der Waals surface area contributed by atoms with Gasteiger partial charge in [-0.1, -0.05) is 6.07 Å². The van der Waals surface area contributed by atoms with Crippen molar-refractivity contribution in [1.29, 1.82) is 0 Å². The molecule has 0 saturated heterocycles. The maximum atomic E-state index is 9.68. The van der Waals surface area contributed by atoms with Gasteiger partial charge in [-0.2, -0.15) is 15.3 Å². The van der Waals surface area contributed by atoms with Crippen molar-refractivity contribution in [3.05, 3.63) is 47.0 Å². The van der Waals surface area contributed by atoms with Crippen LogP contribution < -0.4 is 10.1 Å². The number of aliphatic hydroxyl groups excluding tert-OH is 1. The lowest BCUT2D eigenvalue weighted by molar-refractivity contribution is 0.146. The fourth-order valence-corrected chi connectivity index (χ4v) is 4.74. The first-order valence-electron chi connectivity index (χ1n) is 11.9. The van der Waals surface area contributed by atoms with Crippen LogP contribution in [0.5, 0.6) is 5.88 Å². The highest BCUT2D eigenvalue weighted by Gasteiger charge is 2.21. The molecule has 3 aromatic heterocycles. The van der Waals surface area contributed by atoms with E-state index in [0.29, 0.717) is 26.2 Å². The molecule has 35 heavy (non-hydrogen) atoms. The predicted octanol–water partition coefficient (Wildman–Crippen LogP) is 2.25. The van der Waals surface area contributed by atoms with Crippen molar-refractivity contribution in [3.63, 3.8) is 0 Å². The monoisotopic (exact) mass is 476 g/mol. The summed E-state index contributed by atoms with van der Waals surface area (Å²) in [4.78, 5) is 2.22. The number of nitrogens with one attached hydrogen (secondary N) is 2. The Bertz CT molecular complexity index is 1370. The van der Waals surface area contributed by atoms with E-state index in [-0.39, 0.29) is 12.7 Å². The molecule has 0 unspecified atom stereocenters. The molecule has 184 valence electrons. The van der Waals surface area contributed by atoms with Gasteiger partial charge >= 0.3 is 0 Å². The predicted molar refractivity (Wildman–Crippen MR) is 136 cm³/mol. The number of aryl methyl sites for hydroxylation is 1. The largest absolute Gasteiger partial charge is 0.473 e. The first-order valence-corrected chi connectivity index (χ1v) is 11.9. The zero-order valence-electron chi connectivity index (χ0n) is 20.6. The van der Waals surface area contributed by atoms with E-state index >= 15 is 0 Å². The van der Waals surface area contributed by atoms with Gasteiger partial charge in [-0.3, -0.25) is 14.7 Å². The molecule has 1 atom stereocenters. The summed E-state index contributed by atoms with van der Waals surface area (Å²) >= 11 is 0. The van der Waals surface area contributed by atoms with Gasteiger partial charge in [-0.05, 0) is 50.9 Å². The second kappa shape index (κ2) is 9.65. The second-order valence-electron chi connectivity index (χ2n) is 9.10. The van der Waals surface area contributed by atoms with Crippen molar-refractivity contribution >= 4 is 23.1 Å². The van der Waals surface area contributed by atoms with Gasteiger partial charge in [0.25, 0.3) is 0 Å². The third kappa shape index (κ3) is 4.47. The maximum absolute atomic E-state index is 9.68. The number of rotatable bonds is 4. The Balaban J connectivity index is 1.69. The van der Waals surface area contributed by atoms with Gasteiger partial charge in [0.1, 0.15) is 6.10 Å². The third-order valence-corrected chi connectivity index (χ3v) is 6.33. The summed E-state index contributed by atoms with van der Waals surface area (Å²) in [6, 6.07) is 6.20. The molecule has 10 heteroatoms. The quantitative estimate of drug-likeness (QED) is 0.415. The van der Waals surface area contributed by atoms with Crippen LogP contribution in [0.15, 0.2) is 24.4 Å². The molecule has 2 bridgehead atoms. The van der Waals surface area contributed by atoms with Crippen molar-refractivity contribution < 1.29 is 9.84 Å². The molecule has 3 N–H and O–H groups in total. The van der Waals surface area contributed by atoms with E-state index in [1.165, 1.54) is 0 Å². The summed E-state index contributed by atoms with van der Waals surface area (Å²) in [5, 5.41) is 30.9. The van der Waals surface area contributed by atoms with Crippen LogP contribution >= 0.6 is 0 Å². The minimum Gasteiger partial charge on any atom is -0.473 e. The Hall–Kier alpha value is -3.47. The lowest BCUT2D eigenvalue weighted by Crippen LogP contribution is -2.32. The molecule has 4 aromatic rings. The molecule has 0 radical (unpaired) electrons. The van der Waals surface area contributed by atoms with E-state index in [2.05, 4.69) is 63.8 Å². The number of benzene rings is 1. The van der Waals surface area contributed by atoms with Crippen LogP contribution in [0.2, 0.25) is 0 Å². The fraction of sp³-hybridized carbons (Fsp3) is 0.400. The SMILES string of the molecule is CNCc1nn(CCO)c2c1/C=C/c1[nH]nc3ccc(cc13)-c1cnn(C)c1O[C@@H](C)CN(C)C2. The van der Waals surface area contributed by atoms with Crippen LogP contribution in [0, 0.1) is 0 Å². The van der Waals surface area contributed by atoms with Crippen molar-refractivity contribution in [3.8, 4) is 17.0 Å². The molecule has 4 heterocycles. The fourth-order valence-electron chi connectivity index (χ4n) is 4.74. The Kier molecular flexibility index (Phi) is 6.42. The Labute approximate surface area is 204 Å². The Morgan fingerprint density at radius 3 is 2.91 bits per heavy atom. The molecular weight excluding hydrogens is 444 g/mol. The second-order valence-corrected chi connectivity index (χ2v) is 9.10. The van der Waals surface area contributed by atoms with Crippen molar-refractivity contribution in [2.24, 2.45) is 7.05 Å². The zero-order valence-corrected chi connectivity index (χ0v) is 20.6. The van der Waals surface area contributed by atoms with Crippen molar-refractivity contribution in [2.75, 3.05) is 27.2 Å². The molecule has 0 spiro atoms. The smallest absolute Gasteiger partial charge is 0.219 e. The van der Waals surface area contributed by atoms with Crippen LogP contribution in [0.1, 0.15) is 29.6 Å². The molecule has 0 fully saturated rings. The molecule has 0 aliphatic carbocycles. The minimum atomic E-state index is -0.0718. The molecule has 0 saturated carbocycles. The van der Waals surface area contributed by atoms with Crippen LogP contribution in [0.4, 0.5) is 0 Å². The summed E-state index contributed by atoms with van der Waals surface area (Å²) in [5.41, 5.74) is 6.83. The van der Waals surface area contributed by atoms with Gasteiger partial charge in [-0.25, -0.2) is 4.68 Å². The summed E-state index contributed by atoms with van der Waals surface area (Å²) in [5.74, 6) is 0.739.